The average molecular weight is 501 g/mol. The number of anilines is 1. The maximum atomic E-state index is 13.0. The van der Waals surface area contributed by atoms with Crippen molar-refractivity contribution in [2.24, 2.45) is 5.16 Å². The minimum Gasteiger partial charge on any atom is -0.493 e. The molecule has 0 bridgehead atoms. The highest BCUT2D eigenvalue weighted by Crippen LogP contribution is 2.36. The number of hydrogen-bond acceptors (Lipinski definition) is 5. The number of carbonyl (C=O) groups is 1. The van der Waals surface area contributed by atoms with Crippen LogP contribution in [0.5, 0.6) is 11.5 Å². The molecule has 0 radical (unpaired) electrons. The van der Waals surface area contributed by atoms with Crippen molar-refractivity contribution in [3.63, 3.8) is 0 Å². The summed E-state index contributed by atoms with van der Waals surface area (Å²) in [5.41, 5.74) is 3.31. The summed E-state index contributed by atoms with van der Waals surface area (Å²) < 4.78 is 24.9. The molecule has 32 heavy (non-hydrogen) atoms. The van der Waals surface area contributed by atoms with Crippen molar-refractivity contribution in [1.82, 2.24) is 0 Å². The first-order valence-corrected chi connectivity index (χ1v) is 10.5. The van der Waals surface area contributed by atoms with Crippen LogP contribution in [-0.2, 0) is 16.2 Å². The monoisotopic (exact) mass is 500 g/mol. The summed E-state index contributed by atoms with van der Waals surface area (Å²) in [5.74, 6) is 0.382. The standard InChI is InChI=1S/C24H22BrFN2O4/c1-16-3-9-20(10-4-16)28-23(29)15-32-27-13-18-11-21(25)24(22(12-18)30-2)31-14-17-5-7-19(26)8-6-17/h3-13H,14-15H2,1-2H3,(H,28,29)/b27-13+. The summed E-state index contributed by atoms with van der Waals surface area (Å²) in [5, 5.41) is 6.58. The van der Waals surface area contributed by atoms with Crippen LogP contribution in [0.15, 0.2) is 70.3 Å². The van der Waals surface area contributed by atoms with Crippen molar-refractivity contribution in [3.8, 4) is 11.5 Å². The van der Waals surface area contributed by atoms with Crippen molar-refractivity contribution in [2.45, 2.75) is 13.5 Å². The number of benzene rings is 3. The number of amides is 1. The number of nitrogens with one attached hydrogen (secondary N) is 1. The topological polar surface area (TPSA) is 69.2 Å². The van der Waals surface area contributed by atoms with Crippen LogP contribution in [0.1, 0.15) is 16.7 Å². The number of oxime groups is 1. The molecule has 0 aliphatic heterocycles. The normalized spacial score (nSPS) is 10.8. The van der Waals surface area contributed by atoms with Crippen LogP contribution in [0.2, 0.25) is 0 Å². The number of aryl methyl sites for hydroxylation is 1. The maximum Gasteiger partial charge on any atom is 0.265 e. The first-order valence-electron chi connectivity index (χ1n) is 9.71. The molecule has 3 aromatic carbocycles. The molecule has 0 aliphatic carbocycles. The molecule has 0 atom stereocenters. The van der Waals surface area contributed by atoms with Crippen LogP contribution in [0.4, 0.5) is 10.1 Å². The van der Waals surface area contributed by atoms with Gasteiger partial charge in [0.1, 0.15) is 12.4 Å². The molecule has 0 aliphatic rings. The Kier molecular flexibility index (Phi) is 8.21. The Hall–Kier alpha value is -3.39. The molecule has 8 heteroatoms. The summed E-state index contributed by atoms with van der Waals surface area (Å²) >= 11 is 3.47. The number of nitrogens with zero attached hydrogens (tertiary/aromatic N) is 1. The minimum atomic E-state index is -0.311. The van der Waals surface area contributed by atoms with Gasteiger partial charge in [-0.3, -0.25) is 4.79 Å². The summed E-state index contributed by atoms with van der Waals surface area (Å²) in [6.45, 7) is 2.00. The fourth-order valence-corrected chi connectivity index (χ4v) is 3.29. The van der Waals surface area contributed by atoms with Crippen molar-refractivity contribution < 1.29 is 23.5 Å². The van der Waals surface area contributed by atoms with Gasteiger partial charge < -0.3 is 19.6 Å². The Morgan fingerprint density at radius 2 is 1.84 bits per heavy atom. The lowest BCUT2D eigenvalue weighted by molar-refractivity contribution is -0.120. The number of halogens is 2. The molecule has 1 amide bonds. The van der Waals surface area contributed by atoms with Crippen LogP contribution >= 0.6 is 15.9 Å². The molecular formula is C24H22BrFN2O4. The van der Waals surface area contributed by atoms with Gasteiger partial charge in [0.25, 0.3) is 5.91 Å². The fraction of sp³-hybridized carbons (Fsp3) is 0.167. The third-order valence-corrected chi connectivity index (χ3v) is 4.94. The second-order valence-electron chi connectivity index (χ2n) is 6.87. The predicted octanol–water partition coefficient (Wildman–Crippen LogP) is 5.47. The molecule has 0 heterocycles. The van der Waals surface area contributed by atoms with E-state index < -0.39 is 0 Å². The van der Waals surface area contributed by atoms with Gasteiger partial charge in [0.05, 0.1) is 17.8 Å². The number of carbonyl (C=O) groups excluding carboxylic acids is 1. The average Bonchev–Trinajstić information content (AvgIpc) is 2.78. The maximum absolute atomic E-state index is 13.0. The minimum absolute atomic E-state index is 0.221. The highest BCUT2D eigenvalue weighted by molar-refractivity contribution is 9.10. The summed E-state index contributed by atoms with van der Waals surface area (Å²) in [6, 6.07) is 17.0. The molecule has 1 N–H and O–H groups in total. The third-order valence-electron chi connectivity index (χ3n) is 4.36. The van der Waals surface area contributed by atoms with Gasteiger partial charge >= 0.3 is 0 Å². The van der Waals surface area contributed by atoms with E-state index in [1.54, 1.807) is 24.3 Å². The zero-order chi connectivity index (χ0) is 22.9. The van der Waals surface area contributed by atoms with Gasteiger partial charge in [0.2, 0.25) is 0 Å². The zero-order valence-electron chi connectivity index (χ0n) is 17.6. The Labute approximate surface area is 194 Å². The molecule has 166 valence electrons. The van der Waals surface area contributed by atoms with E-state index in [1.807, 2.05) is 31.2 Å². The second-order valence-corrected chi connectivity index (χ2v) is 7.73. The van der Waals surface area contributed by atoms with Crippen LogP contribution in [0, 0.1) is 12.7 Å². The van der Waals surface area contributed by atoms with Gasteiger partial charge in [-0.05, 0) is 64.8 Å². The van der Waals surface area contributed by atoms with E-state index in [4.69, 9.17) is 14.3 Å². The highest BCUT2D eigenvalue weighted by Gasteiger charge is 2.12. The Morgan fingerprint density at radius 1 is 1.12 bits per heavy atom. The van der Waals surface area contributed by atoms with Crippen molar-refractivity contribution in [1.29, 1.82) is 0 Å². The van der Waals surface area contributed by atoms with Crippen LogP contribution in [0.3, 0.4) is 0 Å². The van der Waals surface area contributed by atoms with Crippen LogP contribution in [-0.4, -0.2) is 25.8 Å². The smallest absolute Gasteiger partial charge is 0.265 e. The lowest BCUT2D eigenvalue weighted by Gasteiger charge is -2.13. The summed E-state index contributed by atoms with van der Waals surface area (Å²) in [7, 11) is 1.53. The van der Waals surface area contributed by atoms with E-state index in [0.717, 1.165) is 11.1 Å². The second kappa shape index (κ2) is 11.3. The lowest BCUT2D eigenvalue weighted by atomic mass is 10.2. The quantitative estimate of drug-likeness (QED) is 0.312. The molecule has 3 rings (SSSR count). The van der Waals surface area contributed by atoms with E-state index in [2.05, 4.69) is 26.4 Å². The van der Waals surface area contributed by atoms with E-state index in [1.165, 1.54) is 25.5 Å². The number of methoxy groups -OCH3 is 1. The zero-order valence-corrected chi connectivity index (χ0v) is 19.2. The van der Waals surface area contributed by atoms with E-state index in [0.29, 0.717) is 27.2 Å². The Morgan fingerprint density at radius 3 is 2.53 bits per heavy atom. The van der Waals surface area contributed by atoms with Gasteiger partial charge in [-0.25, -0.2) is 4.39 Å². The predicted molar refractivity (Wildman–Crippen MR) is 125 cm³/mol. The highest BCUT2D eigenvalue weighted by atomic mass is 79.9. The number of hydrogen-bond donors (Lipinski definition) is 1. The first-order chi connectivity index (χ1) is 15.4. The lowest BCUT2D eigenvalue weighted by Crippen LogP contribution is -2.16. The molecule has 3 aromatic rings. The summed E-state index contributed by atoms with van der Waals surface area (Å²) in [4.78, 5) is 17.0. The third kappa shape index (κ3) is 6.81. The van der Waals surface area contributed by atoms with Crippen LogP contribution < -0.4 is 14.8 Å². The molecular weight excluding hydrogens is 479 g/mol. The van der Waals surface area contributed by atoms with Gasteiger partial charge in [-0.15, -0.1) is 0 Å². The van der Waals surface area contributed by atoms with Crippen molar-refractivity contribution in [2.75, 3.05) is 19.0 Å². The van der Waals surface area contributed by atoms with Crippen LogP contribution in [0.25, 0.3) is 0 Å². The van der Waals surface area contributed by atoms with E-state index >= 15 is 0 Å². The molecule has 0 saturated carbocycles. The SMILES string of the molecule is COc1cc(/C=N/OCC(=O)Nc2ccc(C)cc2)cc(Br)c1OCc1ccc(F)cc1. The van der Waals surface area contributed by atoms with E-state index in [9.17, 15) is 9.18 Å². The fourth-order valence-electron chi connectivity index (χ4n) is 2.72. The van der Waals surface area contributed by atoms with Crippen molar-refractivity contribution in [3.05, 3.63) is 87.6 Å². The molecule has 0 saturated heterocycles. The molecule has 6 nitrogen and oxygen atoms in total. The largest absolute Gasteiger partial charge is 0.493 e. The van der Waals surface area contributed by atoms with Gasteiger partial charge in [-0.2, -0.15) is 0 Å². The molecule has 0 unspecified atom stereocenters. The van der Waals surface area contributed by atoms with Crippen molar-refractivity contribution >= 4 is 33.7 Å². The molecule has 0 fully saturated rings. The number of ether oxygens (including phenoxy) is 2. The Bertz CT molecular complexity index is 1090. The summed E-state index contributed by atoms with van der Waals surface area (Å²) in [6.07, 6.45) is 1.47. The van der Waals surface area contributed by atoms with Gasteiger partial charge in [0, 0.05) is 11.3 Å². The molecule has 0 spiro atoms. The first kappa shape index (κ1) is 23.3. The van der Waals surface area contributed by atoms with Gasteiger partial charge in [-0.1, -0.05) is 35.0 Å². The van der Waals surface area contributed by atoms with Gasteiger partial charge in [0.15, 0.2) is 18.1 Å². The Balaban J connectivity index is 1.56. The number of rotatable bonds is 9. The van der Waals surface area contributed by atoms with E-state index in [-0.39, 0.29) is 24.9 Å². The molecule has 0 aromatic heterocycles.